The van der Waals surface area contributed by atoms with Crippen LogP contribution in [0.5, 0.6) is 0 Å². The molecule has 0 saturated carbocycles. The Bertz CT molecular complexity index is 362. The lowest BCUT2D eigenvalue weighted by atomic mass is 10.1. The van der Waals surface area contributed by atoms with Gasteiger partial charge in [-0.25, -0.2) is 0 Å². The fourth-order valence-electron chi connectivity index (χ4n) is 1.66. The fourth-order valence-corrected chi connectivity index (χ4v) is 2.16. The summed E-state index contributed by atoms with van der Waals surface area (Å²) in [6.07, 6.45) is 3.37. The van der Waals surface area contributed by atoms with Crippen LogP contribution in [0, 0.1) is 6.92 Å². The minimum absolute atomic E-state index is 1.11. The quantitative estimate of drug-likeness (QED) is 0.628. The molecule has 1 aliphatic rings. The Morgan fingerprint density at radius 3 is 2.75 bits per heavy atom. The van der Waals surface area contributed by atoms with Crippen molar-refractivity contribution in [3.05, 3.63) is 38.9 Å². The van der Waals surface area contributed by atoms with Crippen LogP contribution in [-0.4, -0.2) is 0 Å². The van der Waals surface area contributed by atoms with E-state index in [-0.39, 0.29) is 0 Å². The maximum absolute atomic E-state index is 3.63. The molecular formula is C11H11Br. The highest BCUT2D eigenvalue weighted by Crippen LogP contribution is 2.32. The van der Waals surface area contributed by atoms with E-state index in [9.17, 15) is 0 Å². The number of hydrogen-bond donors (Lipinski definition) is 0. The number of halogens is 1. The minimum Gasteiger partial charge on any atom is -0.0683 e. The molecule has 2 rings (SSSR count). The summed E-state index contributed by atoms with van der Waals surface area (Å²) in [5.41, 5.74) is 5.62. The van der Waals surface area contributed by atoms with Gasteiger partial charge in [-0.1, -0.05) is 39.7 Å². The molecule has 0 aromatic heterocycles. The van der Waals surface area contributed by atoms with Gasteiger partial charge in [0.15, 0.2) is 0 Å². The molecule has 0 bridgehead atoms. The van der Waals surface area contributed by atoms with Gasteiger partial charge in [0.2, 0.25) is 0 Å². The van der Waals surface area contributed by atoms with Gasteiger partial charge in [-0.15, -0.1) is 0 Å². The maximum atomic E-state index is 3.63. The Balaban J connectivity index is 2.61. The minimum atomic E-state index is 1.11. The van der Waals surface area contributed by atoms with E-state index in [1.807, 2.05) is 0 Å². The first-order chi connectivity index (χ1) is 5.68. The van der Waals surface area contributed by atoms with Gasteiger partial charge < -0.3 is 0 Å². The highest BCUT2D eigenvalue weighted by atomic mass is 79.9. The number of allylic oxidation sites excluding steroid dienone is 1. The van der Waals surface area contributed by atoms with Gasteiger partial charge in [0.25, 0.3) is 0 Å². The fraction of sp³-hybridized carbons (Fsp3) is 0.273. The van der Waals surface area contributed by atoms with Gasteiger partial charge in [-0.2, -0.15) is 0 Å². The molecule has 12 heavy (non-hydrogen) atoms. The van der Waals surface area contributed by atoms with Crippen LogP contribution >= 0.6 is 15.9 Å². The first kappa shape index (κ1) is 8.06. The van der Waals surface area contributed by atoms with E-state index in [0.717, 1.165) is 6.42 Å². The van der Waals surface area contributed by atoms with Crippen LogP contribution in [0.15, 0.2) is 22.2 Å². The Morgan fingerprint density at radius 1 is 1.25 bits per heavy atom. The number of hydrogen-bond acceptors (Lipinski definition) is 0. The maximum Gasteiger partial charge on any atom is 0.0245 e. The zero-order valence-corrected chi connectivity index (χ0v) is 8.90. The van der Waals surface area contributed by atoms with Gasteiger partial charge in [-0.05, 0) is 37.0 Å². The van der Waals surface area contributed by atoms with Crippen LogP contribution in [-0.2, 0) is 6.42 Å². The molecule has 0 fully saturated rings. The van der Waals surface area contributed by atoms with E-state index in [0.29, 0.717) is 0 Å². The van der Waals surface area contributed by atoms with E-state index in [1.54, 1.807) is 0 Å². The van der Waals surface area contributed by atoms with Crippen molar-refractivity contribution in [1.29, 1.82) is 0 Å². The van der Waals surface area contributed by atoms with E-state index in [4.69, 9.17) is 0 Å². The van der Waals surface area contributed by atoms with E-state index in [2.05, 4.69) is 48.0 Å². The van der Waals surface area contributed by atoms with Crippen LogP contribution in [0.2, 0.25) is 0 Å². The predicted molar refractivity (Wildman–Crippen MR) is 56.2 cm³/mol. The molecule has 0 unspecified atom stereocenters. The van der Waals surface area contributed by atoms with Crippen LogP contribution in [0.3, 0.4) is 0 Å². The molecule has 0 amide bonds. The summed E-state index contributed by atoms with van der Waals surface area (Å²) in [6.45, 7) is 4.32. The Kier molecular flexibility index (Phi) is 1.84. The number of fused-ring (bicyclic) bond motifs is 1. The standard InChI is InChI=1S/C11H11Br/c1-7-5-9-4-3-8(2)11(12)10(9)6-7/h3-5H,6H2,1-2H3. The van der Waals surface area contributed by atoms with Crippen LogP contribution in [0.1, 0.15) is 23.6 Å². The number of rotatable bonds is 0. The third kappa shape index (κ3) is 1.13. The molecule has 0 aliphatic heterocycles. The van der Waals surface area contributed by atoms with Gasteiger partial charge in [0.05, 0.1) is 0 Å². The molecule has 1 aromatic carbocycles. The van der Waals surface area contributed by atoms with Crippen molar-refractivity contribution in [2.45, 2.75) is 20.3 Å². The lowest BCUT2D eigenvalue weighted by Crippen LogP contribution is -1.87. The van der Waals surface area contributed by atoms with Crippen molar-refractivity contribution in [2.24, 2.45) is 0 Å². The normalized spacial score (nSPS) is 14.4. The molecule has 0 saturated heterocycles. The average Bonchev–Trinajstić information content (AvgIpc) is 2.39. The molecule has 0 nitrogen and oxygen atoms in total. The van der Waals surface area contributed by atoms with Crippen molar-refractivity contribution in [3.63, 3.8) is 0 Å². The zero-order chi connectivity index (χ0) is 8.72. The molecule has 0 radical (unpaired) electrons. The molecule has 62 valence electrons. The summed E-state index contributed by atoms with van der Waals surface area (Å²) >= 11 is 3.63. The molecule has 0 heterocycles. The van der Waals surface area contributed by atoms with Crippen molar-refractivity contribution in [2.75, 3.05) is 0 Å². The van der Waals surface area contributed by atoms with Crippen molar-refractivity contribution in [1.82, 2.24) is 0 Å². The van der Waals surface area contributed by atoms with Crippen molar-refractivity contribution >= 4 is 22.0 Å². The monoisotopic (exact) mass is 222 g/mol. The molecule has 1 aromatic rings. The largest absolute Gasteiger partial charge is 0.0683 e. The summed E-state index contributed by atoms with van der Waals surface area (Å²) in [5.74, 6) is 0. The van der Waals surface area contributed by atoms with Crippen LogP contribution < -0.4 is 0 Å². The van der Waals surface area contributed by atoms with E-state index in [1.165, 1.54) is 26.7 Å². The van der Waals surface area contributed by atoms with Gasteiger partial charge in [-0.3, -0.25) is 0 Å². The third-order valence-corrected chi connectivity index (χ3v) is 3.43. The summed E-state index contributed by atoms with van der Waals surface area (Å²) < 4.78 is 1.29. The van der Waals surface area contributed by atoms with Gasteiger partial charge >= 0.3 is 0 Å². The zero-order valence-electron chi connectivity index (χ0n) is 7.32. The molecule has 1 aliphatic carbocycles. The summed E-state index contributed by atoms with van der Waals surface area (Å²) in [5, 5.41) is 0. The molecule has 0 atom stereocenters. The summed E-state index contributed by atoms with van der Waals surface area (Å²) in [4.78, 5) is 0. The predicted octanol–water partition coefficient (Wildman–Crippen LogP) is 3.72. The second kappa shape index (κ2) is 2.74. The van der Waals surface area contributed by atoms with Crippen LogP contribution in [0.4, 0.5) is 0 Å². The van der Waals surface area contributed by atoms with Gasteiger partial charge in [0.1, 0.15) is 0 Å². The topological polar surface area (TPSA) is 0 Å². The molecule has 1 heteroatoms. The highest BCUT2D eigenvalue weighted by Gasteiger charge is 2.13. The highest BCUT2D eigenvalue weighted by molar-refractivity contribution is 9.10. The second-order valence-electron chi connectivity index (χ2n) is 3.43. The summed E-state index contributed by atoms with van der Waals surface area (Å²) in [6, 6.07) is 4.37. The third-order valence-electron chi connectivity index (χ3n) is 2.33. The lowest BCUT2D eigenvalue weighted by Gasteiger charge is -2.04. The first-order valence-electron chi connectivity index (χ1n) is 4.13. The Morgan fingerprint density at radius 2 is 2.00 bits per heavy atom. The SMILES string of the molecule is CC1=Cc2ccc(C)c(Br)c2C1. The Hall–Kier alpha value is -0.560. The van der Waals surface area contributed by atoms with Crippen molar-refractivity contribution in [3.8, 4) is 0 Å². The summed E-state index contributed by atoms with van der Waals surface area (Å²) in [7, 11) is 0. The smallest absolute Gasteiger partial charge is 0.0245 e. The van der Waals surface area contributed by atoms with Crippen molar-refractivity contribution < 1.29 is 0 Å². The first-order valence-corrected chi connectivity index (χ1v) is 4.93. The van der Waals surface area contributed by atoms with Crippen LogP contribution in [0.25, 0.3) is 6.08 Å². The number of aryl methyl sites for hydroxylation is 1. The molecule has 0 spiro atoms. The molecular weight excluding hydrogens is 212 g/mol. The number of benzene rings is 1. The lowest BCUT2D eigenvalue weighted by molar-refractivity contribution is 1.17. The van der Waals surface area contributed by atoms with E-state index < -0.39 is 0 Å². The molecule has 0 N–H and O–H groups in total. The Labute approximate surface area is 81.4 Å². The second-order valence-corrected chi connectivity index (χ2v) is 4.22. The average molecular weight is 223 g/mol. The van der Waals surface area contributed by atoms with E-state index >= 15 is 0 Å². The van der Waals surface area contributed by atoms with Gasteiger partial charge in [0, 0.05) is 4.47 Å².